The van der Waals surface area contributed by atoms with Crippen molar-refractivity contribution in [1.29, 1.82) is 0 Å². The first-order chi connectivity index (χ1) is 8.83. The van der Waals surface area contributed by atoms with Crippen LogP contribution < -0.4 is 5.73 Å². The van der Waals surface area contributed by atoms with E-state index < -0.39 is 0 Å². The molecule has 1 saturated heterocycles. The van der Waals surface area contributed by atoms with E-state index in [0.717, 1.165) is 32.1 Å². The summed E-state index contributed by atoms with van der Waals surface area (Å²) in [6, 6.07) is 0.262. The highest BCUT2D eigenvalue weighted by Gasteiger charge is 2.19. The van der Waals surface area contributed by atoms with Gasteiger partial charge in [-0.3, -0.25) is 0 Å². The summed E-state index contributed by atoms with van der Waals surface area (Å²) in [5, 5.41) is 0. The second-order valence-corrected chi connectivity index (χ2v) is 5.84. The van der Waals surface area contributed by atoms with Gasteiger partial charge in [-0.05, 0) is 49.1 Å². The van der Waals surface area contributed by atoms with Crippen molar-refractivity contribution in [2.24, 2.45) is 11.7 Å². The smallest absolute Gasteiger partial charge is 0.0469 e. The maximum absolute atomic E-state index is 6.26. The van der Waals surface area contributed by atoms with Crippen molar-refractivity contribution in [2.45, 2.75) is 51.1 Å². The number of nitrogens with two attached hydrogens (primary N) is 1. The number of hydrogen-bond acceptors (Lipinski definition) is 2. The van der Waals surface area contributed by atoms with Gasteiger partial charge in [0.1, 0.15) is 0 Å². The zero-order chi connectivity index (χ0) is 12.4. The topological polar surface area (TPSA) is 40.2 Å². The predicted molar refractivity (Wildman–Crippen MR) is 72.5 cm³/mol. The van der Waals surface area contributed by atoms with Crippen LogP contribution in [0.5, 0.6) is 0 Å². The van der Waals surface area contributed by atoms with Gasteiger partial charge in [0.2, 0.25) is 0 Å². The predicted octanol–water partition coefficient (Wildman–Crippen LogP) is 2.64. The molecule has 0 saturated carbocycles. The molecule has 1 aromatic heterocycles. The van der Waals surface area contributed by atoms with E-state index in [-0.39, 0.29) is 6.04 Å². The Morgan fingerprint density at radius 1 is 1.17 bits per heavy atom. The van der Waals surface area contributed by atoms with Gasteiger partial charge < -0.3 is 15.0 Å². The molecule has 0 spiro atoms. The average molecular weight is 248 g/mol. The van der Waals surface area contributed by atoms with E-state index in [1.807, 2.05) is 0 Å². The van der Waals surface area contributed by atoms with Crippen LogP contribution in [0, 0.1) is 5.92 Å². The van der Waals surface area contributed by atoms with E-state index >= 15 is 0 Å². The summed E-state index contributed by atoms with van der Waals surface area (Å²) in [5.41, 5.74) is 9.15. The van der Waals surface area contributed by atoms with Gasteiger partial charge in [0.05, 0.1) is 0 Å². The lowest BCUT2D eigenvalue weighted by molar-refractivity contribution is 0.0613. The first-order valence-electron chi connectivity index (χ1n) is 7.35. The van der Waals surface area contributed by atoms with Gasteiger partial charge in [0.15, 0.2) is 0 Å². The number of hydrogen-bond donors (Lipinski definition) is 1. The molecule has 1 atom stereocenters. The Morgan fingerprint density at radius 3 is 2.83 bits per heavy atom. The van der Waals surface area contributed by atoms with Gasteiger partial charge in [-0.2, -0.15) is 0 Å². The minimum Gasteiger partial charge on any atom is -0.381 e. The highest BCUT2D eigenvalue weighted by Crippen LogP contribution is 2.28. The lowest BCUT2D eigenvalue weighted by Crippen LogP contribution is -2.19. The SMILES string of the molecule is NC1CCCCc2cn(CC3CCOCC3)cc21. The molecule has 0 amide bonds. The first kappa shape index (κ1) is 12.2. The average Bonchev–Trinajstić information content (AvgIpc) is 2.71. The lowest BCUT2D eigenvalue weighted by Gasteiger charge is -2.22. The Kier molecular flexibility index (Phi) is 3.71. The highest BCUT2D eigenvalue weighted by molar-refractivity contribution is 5.28. The van der Waals surface area contributed by atoms with E-state index in [0.29, 0.717) is 0 Å². The van der Waals surface area contributed by atoms with E-state index in [1.165, 1.54) is 43.2 Å². The second-order valence-electron chi connectivity index (χ2n) is 5.84. The van der Waals surface area contributed by atoms with Crippen LogP contribution >= 0.6 is 0 Å². The highest BCUT2D eigenvalue weighted by atomic mass is 16.5. The van der Waals surface area contributed by atoms with E-state index in [1.54, 1.807) is 0 Å². The van der Waals surface area contributed by atoms with Crippen molar-refractivity contribution < 1.29 is 4.74 Å². The molecule has 18 heavy (non-hydrogen) atoms. The molecule has 1 fully saturated rings. The van der Waals surface area contributed by atoms with Crippen LogP contribution in [0.4, 0.5) is 0 Å². The molecule has 0 radical (unpaired) electrons. The van der Waals surface area contributed by atoms with E-state index in [2.05, 4.69) is 17.0 Å². The molecule has 100 valence electrons. The minimum absolute atomic E-state index is 0.262. The molecule has 1 aromatic rings. The minimum atomic E-state index is 0.262. The maximum Gasteiger partial charge on any atom is 0.0469 e. The van der Waals surface area contributed by atoms with Crippen LogP contribution in [0.3, 0.4) is 0 Å². The molecular weight excluding hydrogens is 224 g/mol. The second kappa shape index (κ2) is 5.45. The van der Waals surface area contributed by atoms with Gasteiger partial charge in [-0.1, -0.05) is 6.42 Å². The molecule has 0 bridgehead atoms. The molecule has 2 N–H and O–H groups in total. The Bertz CT molecular complexity index is 393. The zero-order valence-electron chi connectivity index (χ0n) is 11.1. The van der Waals surface area contributed by atoms with Gasteiger partial charge in [0.25, 0.3) is 0 Å². The fourth-order valence-corrected chi connectivity index (χ4v) is 3.28. The van der Waals surface area contributed by atoms with Crippen LogP contribution in [0.2, 0.25) is 0 Å². The number of rotatable bonds is 2. The van der Waals surface area contributed by atoms with Crippen LogP contribution in [0.1, 0.15) is 49.3 Å². The van der Waals surface area contributed by atoms with Crippen LogP contribution in [-0.2, 0) is 17.7 Å². The summed E-state index contributed by atoms with van der Waals surface area (Å²) in [6.07, 6.45) is 12.0. The number of fused-ring (bicyclic) bond motifs is 1. The van der Waals surface area contributed by atoms with Gasteiger partial charge in [0, 0.05) is 38.2 Å². The van der Waals surface area contributed by atoms with Crippen molar-refractivity contribution in [1.82, 2.24) is 4.57 Å². The molecule has 1 unspecified atom stereocenters. The molecule has 3 rings (SSSR count). The van der Waals surface area contributed by atoms with Crippen molar-refractivity contribution >= 4 is 0 Å². The zero-order valence-corrected chi connectivity index (χ0v) is 11.1. The number of nitrogens with zero attached hydrogens (tertiary/aromatic N) is 1. The molecule has 1 aliphatic carbocycles. The van der Waals surface area contributed by atoms with Crippen molar-refractivity contribution in [2.75, 3.05) is 13.2 Å². The summed E-state index contributed by atoms with van der Waals surface area (Å²) in [4.78, 5) is 0. The van der Waals surface area contributed by atoms with Crippen LogP contribution in [0.25, 0.3) is 0 Å². The maximum atomic E-state index is 6.26. The summed E-state index contributed by atoms with van der Waals surface area (Å²) >= 11 is 0. The summed E-state index contributed by atoms with van der Waals surface area (Å²) in [7, 11) is 0. The van der Waals surface area contributed by atoms with E-state index in [9.17, 15) is 0 Å². The van der Waals surface area contributed by atoms with Crippen molar-refractivity contribution in [3.63, 3.8) is 0 Å². The third-order valence-corrected chi connectivity index (χ3v) is 4.42. The monoisotopic (exact) mass is 248 g/mol. The normalized spacial score (nSPS) is 25.7. The van der Waals surface area contributed by atoms with Crippen molar-refractivity contribution in [3.8, 4) is 0 Å². The molecule has 3 heteroatoms. The van der Waals surface area contributed by atoms with Gasteiger partial charge in [-0.25, -0.2) is 0 Å². The Labute approximate surface area is 109 Å². The number of ether oxygens (including phenoxy) is 1. The molecule has 2 aliphatic rings. The van der Waals surface area contributed by atoms with E-state index in [4.69, 9.17) is 10.5 Å². The molecule has 1 aliphatic heterocycles. The number of aromatic nitrogens is 1. The third kappa shape index (κ3) is 2.62. The summed E-state index contributed by atoms with van der Waals surface area (Å²) in [5.74, 6) is 0.783. The Hall–Kier alpha value is -0.800. The number of aryl methyl sites for hydroxylation is 1. The molecule has 2 heterocycles. The third-order valence-electron chi connectivity index (χ3n) is 4.42. The Morgan fingerprint density at radius 2 is 2.00 bits per heavy atom. The van der Waals surface area contributed by atoms with Crippen molar-refractivity contribution in [3.05, 3.63) is 23.5 Å². The first-order valence-corrected chi connectivity index (χ1v) is 7.35. The van der Waals surface area contributed by atoms with Gasteiger partial charge >= 0.3 is 0 Å². The van der Waals surface area contributed by atoms with Crippen LogP contribution in [0.15, 0.2) is 12.4 Å². The fourth-order valence-electron chi connectivity index (χ4n) is 3.28. The molecule has 3 nitrogen and oxygen atoms in total. The Balaban J connectivity index is 1.71. The summed E-state index contributed by atoms with van der Waals surface area (Å²) < 4.78 is 7.80. The fraction of sp³-hybridized carbons (Fsp3) is 0.733. The standard InChI is InChI=1S/C15H24N2O/c16-15-4-2-1-3-13-10-17(11-14(13)15)9-12-5-7-18-8-6-12/h10-12,15H,1-9,16H2. The largest absolute Gasteiger partial charge is 0.381 e. The molecular formula is C15H24N2O. The van der Waals surface area contributed by atoms with Crippen LogP contribution in [-0.4, -0.2) is 17.8 Å². The van der Waals surface area contributed by atoms with Gasteiger partial charge in [-0.15, -0.1) is 0 Å². The quantitative estimate of drug-likeness (QED) is 0.817. The summed E-state index contributed by atoms with van der Waals surface area (Å²) in [6.45, 7) is 3.01. The molecule has 0 aromatic carbocycles. The lowest BCUT2D eigenvalue weighted by atomic mass is 10.0.